The highest BCUT2D eigenvalue weighted by Crippen LogP contribution is 2.37. The smallest absolute Gasteiger partial charge is 0.311 e. The first-order valence-electron chi connectivity index (χ1n) is 9.12. The van der Waals surface area contributed by atoms with E-state index in [1.807, 2.05) is 37.3 Å². The molecule has 0 saturated carbocycles. The molecule has 0 spiro atoms. The van der Waals surface area contributed by atoms with Gasteiger partial charge in [-0.2, -0.15) is 0 Å². The summed E-state index contributed by atoms with van der Waals surface area (Å²) in [5.41, 5.74) is 2.11. The van der Waals surface area contributed by atoms with Crippen LogP contribution in [-0.2, 0) is 16.4 Å². The molecule has 2 amide bonds. The Bertz CT molecular complexity index is 1170. The molecule has 1 unspecified atom stereocenters. The van der Waals surface area contributed by atoms with Crippen LogP contribution in [0.4, 0.5) is 16.3 Å². The number of amides is 2. The second kappa shape index (κ2) is 7.29. The molecule has 3 heterocycles. The van der Waals surface area contributed by atoms with E-state index < -0.39 is 9.84 Å². The average molecular weight is 408 g/mol. The number of pyridine rings is 2. The van der Waals surface area contributed by atoms with Crippen molar-refractivity contribution in [2.45, 2.75) is 24.4 Å². The maximum atomic E-state index is 13.5. The summed E-state index contributed by atoms with van der Waals surface area (Å²) in [6, 6.07) is 15.1. The van der Waals surface area contributed by atoms with Crippen LogP contribution in [-0.4, -0.2) is 35.6 Å². The van der Waals surface area contributed by atoms with Crippen LogP contribution >= 0.6 is 0 Å². The van der Waals surface area contributed by atoms with Gasteiger partial charge in [-0.3, -0.25) is 4.98 Å². The fourth-order valence-corrected chi connectivity index (χ4v) is 4.06. The van der Waals surface area contributed by atoms with E-state index in [0.29, 0.717) is 18.1 Å². The quantitative estimate of drug-likeness (QED) is 0.657. The molecule has 1 atom stereocenters. The molecule has 1 aromatic carbocycles. The van der Waals surface area contributed by atoms with Crippen LogP contribution < -0.4 is 4.90 Å². The Hall–Kier alpha value is -3.26. The number of urea groups is 1. The number of fused-ring (bicyclic) bond motifs is 1. The van der Waals surface area contributed by atoms with Crippen LogP contribution in [0.25, 0.3) is 0 Å². The lowest BCUT2D eigenvalue weighted by Crippen LogP contribution is -2.46. The normalized spacial score (nSPS) is 15.2. The van der Waals surface area contributed by atoms with Gasteiger partial charge in [0.1, 0.15) is 5.82 Å². The van der Waals surface area contributed by atoms with E-state index in [-0.39, 0.29) is 17.0 Å². The van der Waals surface area contributed by atoms with Gasteiger partial charge >= 0.3 is 6.03 Å². The summed E-state index contributed by atoms with van der Waals surface area (Å²) in [6.07, 6.45) is 4.46. The van der Waals surface area contributed by atoms with Crippen molar-refractivity contribution < 1.29 is 13.2 Å². The van der Waals surface area contributed by atoms with E-state index in [4.69, 9.17) is 0 Å². The molecular weight excluding hydrogens is 388 g/mol. The summed E-state index contributed by atoms with van der Waals surface area (Å²) in [5, 5.41) is 0. The summed E-state index contributed by atoms with van der Waals surface area (Å²) in [4.78, 5) is 25.6. The van der Waals surface area contributed by atoms with Gasteiger partial charge in [0.15, 0.2) is 9.84 Å². The molecule has 7 nitrogen and oxygen atoms in total. The number of benzene rings is 1. The molecule has 3 aromatic rings. The number of hydrogen-bond donors (Lipinski definition) is 0. The number of nitrogens with zero attached hydrogens (tertiary/aromatic N) is 4. The Morgan fingerprint density at radius 3 is 2.52 bits per heavy atom. The Balaban J connectivity index is 1.82. The maximum Gasteiger partial charge on any atom is 0.331 e. The van der Waals surface area contributed by atoms with Gasteiger partial charge in [-0.25, -0.2) is 23.1 Å². The minimum absolute atomic E-state index is 0.148. The van der Waals surface area contributed by atoms with Gasteiger partial charge in [0.2, 0.25) is 0 Å². The van der Waals surface area contributed by atoms with E-state index in [2.05, 4.69) is 9.97 Å². The molecule has 4 rings (SSSR count). The Labute approximate surface area is 169 Å². The molecule has 0 saturated heterocycles. The van der Waals surface area contributed by atoms with Gasteiger partial charge in [0, 0.05) is 24.2 Å². The maximum absolute atomic E-state index is 13.5. The number of carbonyl (C=O) groups excluding carboxylic acids is 1. The molecule has 8 heteroatoms. The van der Waals surface area contributed by atoms with Crippen LogP contribution in [0.5, 0.6) is 0 Å². The lowest BCUT2D eigenvalue weighted by Gasteiger charge is -2.39. The number of hydrogen-bond acceptors (Lipinski definition) is 5. The minimum atomic E-state index is -3.41. The van der Waals surface area contributed by atoms with E-state index in [1.165, 1.54) is 17.0 Å². The number of aromatic nitrogens is 2. The van der Waals surface area contributed by atoms with Crippen molar-refractivity contribution in [1.82, 2.24) is 14.9 Å². The Morgan fingerprint density at radius 2 is 1.79 bits per heavy atom. The molecule has 148 valence electrons. The summed E-state index contributed by atoms with van der Waals surface area (Å²) >= 11 is 0. The third kappa shape index (κ3) is 3.58. The monoisotopic (exact) mass is 408 g/mol. The SMILES string of the molecule is CC(c1ccccn1)N1Cc2cccnc2N(c2cccc(S(C)(=O)=O)c2)C1=O. The van der Waals surface area contributed by atoms with E-state index in [1.54, 1.807) is 29.4 Å². The minimum Gasteiger partial charge on any atom is -0.311 e. The predicted octanol–water partition coefficient (Wildman–Crippen LogP) is 3.72. The molecule has 2 aromatic heterocycles. The summed E-state index contributed by atoms with van der Waals surface area (Å²) < 4.78 is 24.0. The molecule has 0 aliphatic carbocycles. The zero-order chi connectivity index (χ0) is 20.6. The molecule has 0 fully saturated rings. The fraction of sp³-hybridized carbons (Fsp3) is 0.190. The number of sulfone groups is 1. The largest absolute Gasteiger partial charge is 0.331 e. The van der Waals surface area contributed by atoms with E-state index >= 15 is 0 Å². The molecule has 0 bridgehead atoms. The number of rotatable bonds is 4. The van der Waals surface area contributed by atoms with E-state index in [9.17, 15) is 13.2 Å². The van der Waals surface area contributed by atoms with Gasteiger partial charge in [0.05, 0.1) is 28.9 Å². The fourth-order valence-electron chi connectivity index (χ4n) is 3.40. The average Bonchev–Trinajstić information content (AvgIpc) is 2.73. The van der Waals surface area contributed by atoms with Crippen molar-refractivity contribution in [2.24, 2.45) is 0 Å². The molecular formula is C21H20N4O3S. The highest BCUT2D eigenvalue weighted by atomic mass is 32.2. The summed E-state index contributed by atoms with van der Waals surface area (Å²) in [5.74, 6) is 0.507. The van der Waals surface area contributed by atoms with Crippen molar-refractivity contribution in [1.29, 1.82) is 0 Å². The van der Waals surface area contributed by atoms with E-state index in [0.717, 1.165) is 17.5 Å². The van der Waals surface area contributed by atoms with Crippen molar-refractivity contribution in [3.63, 3.8) is 0 Å². The van der Waals surface area contributed by atoms with Gasteiger partial charge in [-0.15, -0.1) is 0 Å². The first kappa shape index (κ1) is 19.1. The zero-order valence-corrected chi connectivity index (χ0v) is 16.9. The number of anilines is 2. The highest BCUT2D eigenvalue weighted by molar-refractivity contribution is 7.90. The van der Waals surface area contributed by atoms with Crippen molar-refractivity contribution in [3.8, 4) is 0 Å². The van der Waals surface area contributed by atoms with Crippen molar-refractivity contribution in [3.05, 3.63) is 78.2 Å². The lowest BCUT2D eigenvalue weighted by atomic mass is 10.1. The van der Waals surface area contributed by atoms with Gasteiger partial charge < -0.3 is 4.90 Å². The van der Waals surface area contributed by atoms with Crippen LogP contribution in [0.2, 0.25) is 0 Å². The molecule has 0 N–H and O–H groups in total. The van der Waals surface area contributed by atoms with Gasteiger partial charge in [-0.1, -0.05) is 18.2 Å². The van der Waals surface area contributed by atoms with Crippen molar-refractivity contribution in [2.75, 3.05) is 11.2 Å². The predicted molar refractivity (Wildman–Crippen MR) is 110 cm³/mol. The Morgan fingerprint density at radius 1 is 1.00 bits per heavy atom. The summed E-state index contributed by atoms with van der Waals surface area (Å²) in [7, 11) is -3.41. The topological polar surface area (TPSA) is 83.5 Å². The summed E-state index contributed by atoms with van der Waals surface area (Å²) in [6.45, 7) is 2.31. The first-order chi connectivity index (χ1) is 13.9. The third-order valence-corrected chi connectivity index (χ3v) is 6.05. The molecule has 1 aliphatic rings. The molecule has 29 heavy (non-hydrogen) atoms. The second-order valence-corrected chi connectivity index (χ2v) is 8.95. The highest BCUT2D eigenvalue weighted by Gasteiger charge is 2.36. The first-order valence-corrected chi connectivity index (χ1v) is 11.0. The Kier molecular flexibility index (Phi) is 4.79. The molecule has 0 radical (unpaired) electrons. The lowest BCUT2D eigenvalue weighted by molar-refractivity contribution is 0.179. The zero-order valence-electron chi connectivity index (χ0n) is 16.1. The van der Waals surface area contributed by atoms with Gasteiger partial charge in [-0.05, 0) is 43.3 Å². The second-order valence-electron chi connectivity index (χ2n) is 6.93. The van der Waals surface area contributed by atoms with Crippen molar-refractivity contribution >= 4 is 27.4 Å². The standard InChI is InChI=1S/C21H20N4O3S/c1-15(19-10-3-4-11-22-19)24-14-16-7-6-12-23-20(16)25(21(24)26)17-8-5-9-18(13-17)29(2,27)28/h3-13,15H,14H2,1-2H3. The number of carbonyl (C=O) groups is 1. The van der Waals surface area contributed by atoms with Crippen LogP contribution in [0, 0.1) is 0 Å². The van der Waals surface area contributed by atoms with Crippen LogP contribution in [0.3, 0.4) is 0 Å². The van der Waals surface area contributed by atoms with Crippen LogP contribution in [0.1, 0.15) is 24.2 Å². The van der Waals surface area contributed by atoms with Gasteiger partial charge in [0.25, 0.3) is 0 Å². The molecule has 1 aliphatic heterocycles. The third-order valence-electron chi connectivity index (χ3n) is 4.94. The van der Waals surface area contributed by atoms with Crippen LogP contribution in [0.15, 0.2) is 71.9 Å².